The van der Waals surface area contributed by atoms with Crippen LogP contribution in [0, 0.1) is 23.7 Å². The van der Waals surface area contributed by atoms with Gasteiger partial charge >= 0.3 is 0 Å². The van der Waals surface area contributed by atoms with Crippen LogP contribution in [0.2, 0.25) is 0 Å². The maximum Gasteiger partial charge on any atom is 0.142 e. The number of nitrogens with two attached hydrogens (primary N) is 2. The summed E-state index contributed by atoms with van der Waals surface area (Å²) in [5.41, 5.74) is 17.0. The van der Waals surface area contributed by atoms with Crippen LogP contribution in [0.15, 0.2) is 158 Å². The summed E-state index contributed by atoms with van der Waals surface area (Å²) in [6.07, 6.45) is 0. The number of ether oxygens (including phenoxy) is 2. The zero-order valence-corrected chi connectivity index (χ0v) is 28.9. The second-order valence-corrected chi connectivity index (χ2v) is 12.6. The Hall–Kier alpha value is -7.80. The van der Waals surface area contributed by atoms with Gasteiger partial charge in [0.25, 0.3) is 0 Å². The number of phenolic OH excluding ortho intramolecular Hbond substituents is 2. The minimum atomic E-state index is -0.0972. The van der Waals surface area contributed by atoms with Gasteiger partial charge in [0.05, 0.1) is 11.4 Å². The van der Waals surface area contributed by atoms with Gasteiger partial charge in [-0.3, -0.25) is 0 Å². The minimum absolute atomic E-state index is 0.0972. The lowest BCUT2D eigenvalue weighted by Gasteiger charge is -2.21. The fourth-order valence-electron chi connectivity index (χ4n) is 6.34. The predicted octanol–water partition coefficient (Wildman–Crippen LogP) is 10.6. The number of benzene rings is 8. The van der Waals surface area contributed by atoms with Crippen LogP contribution in [0.3, 0.4) is 0 Å². The van der Waals surface area contributed by atoms with Gasteiger partial charge in [0, 0.05) is 56.3 Å². The van der Waals surface area contributed by atoms with Gasteiger partial charge in [-0.25, -0.2) is 0 Å². The molecular formula is C48H32N2O4. The summed E-state index contributed by atoms with van der Waals surface area (Å²) in [4.78, 5) is 0. The van der Waals surface area contributed by atoms with Crippen molar-refractivity contribution >= 4 is 32.9 Å². The quantitative estimate of drug-likeness (QED) is 0.0808. The van der Waals surface area contributed by atoms with Gasteiger partial charge in [-0.15, -0.1) is 0 Å². The summed E-state index contributed by atoms with van der Waals surface area (Å²) >= 11 is 0. The molecule has 258 valence electrons. The fourth-order valence-corrected chi connectivity index (χ4v) is 6.34. The standard InChI is InChI=1S/C48H32N2O4/c49-39-25-23-37(29-41(39)51)53-43-27-21-35-15-7-13-33(19-17-31-9-3-1-4-10-31)45(35)47(43)48-44(54-38-24-26-40(50)42(52)30-38)28-22-36-16-8-14-34(46(36)48)20-18-32-11-5-2-6-12-32/h1-16,21-30,51-52H,49-50H2. The highest BCUT2D eigenvalue weighted by Crippen LogP contribution is 2.49. The largest absolute Gasteiger partial charge is 0.506 e. The molecule has 0 unspecified atom stereocenters. The molecule has 0 fully saturated rings. The molecule has 0 saturated carbocycles. The molecule has 0 bridgehead atoms. The van der Waals surface area contributed by atoms with Gasteiger partial charge < -0.3 is 31.2 Å². The summed E-state index contributed by atoms with van der Waals surface area (Å²) in [5.74, 6) is 15.1. The van der Waals surface area contributed by atoms with E-state index < -0.39 is 0 Å². The third-order valence-corrected chi connectivity index (χ3v) is 8.95. The van der Waals surface area contributed by atoms with Gasteiger partial charge in [-0.05, 0) is 83.6 Å². The van der Waals surface area contributed by atoms with Crippen LogP contribution in [0.1, 0.15) is 22.3 Å². The lowest BCUT2D eigenvalue weighted by Crippen LogP contribution is -1.98. The molecule has 0 aliphatic heterocycles. The van der Waals surface area contributed by atoms with Crippen LogP contribution in [0.4, 0.5) is 11.4 Å². The average molecular weight is 701 g/mol. The molecule has 0 amide bonds. The number of nitrogen functional groups attached to an aromatic ring is 2. The summed E-state index contributed by atoms with van der Waals surface area (Å²) in [7, 11) is 0. The van der Waals surface area contributed by atoms with Gasteiger partial charge in [0.15, 0.2) is 0 Å². The monoisotopic (exact) mass is 700 g/mol. The van der Waals surface area contributed by atoms with Crippen molar-refractivity contribution in [3.63, 3.8) is 0 Å². The number of aromatic hydroxyl groups is 2. The summed E-state index contributed by atoms with van der Waals surface area (Å²) in [6, 6.07) is 49.0. The Balaban J connectivity index is 1.48. The van der Waals surface area contributed by atoms with E-state index in [-0.39, 0.29) is 22.9 Å². The van der Waals surface area contributed by atoms with Crippen LogP contribution >= 0.6 is 0 Å². The summed E-state index contributed by atoms with van der Waals surface area (Å²) < 4.78 is 13.3. The molecule has 6 nitrogen and oxygen atoms in total. The van der Waals surface area contributed by atoms with Crippen LogP contribution < -0.4 is 20.9 Å². The van der Waals surface area contributed by atoms with Crippen LogP contribution in [-0.4, -0.2) is 10.2 Å². The minimum Gasteiger partial charge on any atom is -0.506 e. The molecule has 6 heteroatoms. The zero-order chi connectivity index (χ0) is 37.0. The number of anilines is 2. The van der Waals surface area contributed by atoms with Crippen LogP contribution in [0.5, 0.6) is 34.5 Å². The zero-order valence-electron chi connectivity index (χ0n) is 28.9. The summed E-state index contributed by atoms with van der Waals surface area (Å²) in [5, 5.41) is 24.6. The van der Waals surface area contributed by atoms with E-state index in [9.17, 15) is 10.2 Å². The number of rotatable bonds is 5. The first-order valence-electron chi connectivity index (χ1n) is 17.2. The van der Waals surface area contributed by atoms with E-state index in [2.05, 4.69) is 23.7 Å². The Labute approximate surface area is 312 Å². The maximum atomic E-state index is 10.6. The van der Waals surface area contributed by atoms with E-state index >= 15 is 0 Å². The SMILES string of the molecule is Nc1ccc(Oc2ccc3cccc(C#Cc4ccccc4)c3c2-c2c(Oc3ccc(N)c(O)c3)ccc3cccc(C#Cc4ccccc4)c23)cc1O. The summed E-state index contributed by atoms with van der Waals surface area (Å²) in [6.45, 7) is 0. The van der Waals surface area contributed by atoms with Gasteiger partial charge in [0.1, 0.15) is 34.5 Å². The normalized spacial score (nSPS) is 10.6. The van der Waals surface area contributed by atoms with Crippen molar-refractivity contribution in [2.45, 2.75) is 0 Å². The van der Waals surface area contributed by atoms with E-state index in [1.807, 2.05) is 121 Å². The topological polar surface area (TPSA) is 111 Å². The van der Waals surface area contributed by atoms with Crippen molar-refractivity contribution in [2.24, 2.45) is 0 Å². The molecule has 54 heavy (non-hydrogen) atoms. The van der Waals surface area contributed by atoms with E-state index in [1.54, 1.807) is 24.3 Å². The van der Waals surface area contributed by atoms with Gasteiger partial charge in [0.2, 0.25) is 0 Å². The molecule has 0 saturated heterocycles. The molecule has 8 aromatic rings. The number of hydrogen-bond acceptors (Lipinski definition) is 6. The molecule has 8 rings (SSSR count). The van der Waals surface area contributed by atoms with Crippen molar-refractivity contribution < 1.29 is 19.7 Å². The molecular weight excluding hydrogens is 669 g/mol. The lowest BCUT2D eigenvalue weighted by atomic mass is 9.88. The molecule has 6 N–H and O–H groups in total. The molecule has 0 aliphatic rings. The van der Waals surface area contributed by atoms with Crippen molar-refractivity contribution in [2.75, 3.05) is 11.5 Å². The molecule has 0 aliphatic carbocycles. The Morgan fingerprint density at radius 2 is 0.833 bits per heavy atom. The van der Waals surface area contributed by atoms with E-state index in [4.69, 9.17) is 20.9 Å². The molecule has 0 radical (unpaired) electrons. The Bertz CT molecular complexity index is 2630. The van der Waals surface area contributed by atoms with Crippen molar-refractivity contribution in [1.82, 2.24) is 0 Å². The lowest BCUT2D eigenvalue weighted by molar-refractivity contribution is 0.454. The average Bonchev–Trinajstić information content (AvgIpc) is 3.20. The fraction of sp³-hybridized carbons (Fsp3) is 0. The first-order chi connectivity index (χ1) is 26.4. The second-order valence-electron chi connectivity index (χ2n) is 12.6. The second kappa shape index (κ2) is 14.4. The highest BCUT2D eigenvalue weighted by atomic mass is 16.5. The van der Waals surface area contributed by atoms with E-state index in [0.717, 1.165) is 43.8 Å². The molecule has 0 heterocycles. The predicted molar refractivity (Wildman–Crippen MR) is 217 cm³/mol. The third-order valence-electron chi connectivity index (χ3n) is 8.95. The smallest absolute Gasteiger partial charge is 0.142 e. The van der Waals surface area contributed by atoms with Gasteiger partial charge in [-0.2, -0.15) is 0 Å². The molecule has 0 spiro atoms. The van der Waals surface area contributed by atoms with Crippen LogP contribution in [0.25, 0.3) is 32.7 Å². The Morgan fingerprint density at radius 1 is 0.407 bits per heavy atom. The van der Waals surface area contributed by atoms with Gasteiger partial charge in [-0.1, -0.05) is 96.5 Å². The third kappa shape index (κ3) is 6.79. The molecule has 8 aromatic carbocycles. The van der Waals surface area contributed by atoms with Crippen molar-refractivity contribution in [1.29, 1.82) is 0 Å². The highest BCUT2D eigenvalue weighted by Gasteiger charge is 2.23. The number of hydrogen-bond donors (Lipinski definition) is 4. The Kier molecular flexibility index (Phi) is 8.92. The van der Waals surface area contributed by atoms with E-state index in [1.165, 1.54) is 12.1 Å². The van der Waals surface area contributed by atoms with Crippen LogP contribution in [-0.2, 0) is 0 Å². The van der Waals surface area contributed by atoms with E-state index in [0.29, 0.717) is 34.1 Å². The molecule has 0 atom stereocenters. The first-order valence-corrected chi connectivity index (χ1v) is 17.2. The van der Waals surface area contributed by atoms with Crippen molar-refractivity contribution in [3.05, 3.63) is 180 Å². The number of fused-ring (bicyclic) bond motifs is 2. The highest BCUT2D eigenvalue weighted by molar-refractivity contribution is 6.13. The first kappa shape index (κ1) is 33.3. The maximum absolute atomic E-state index is 10.6. The Morgan fingerprint density at radius 3 is 1.24 bits per heavy atom. The van der Waals surface area contributed by atoms with Crippen molar-refractivity contribution in [3.8, 4) is 69.3 Å². The number of phenols is 2. The molecule has 0 aromatic heterocycles.